The number of aliphatic hydroxyl groups excluding tert-OH is 1. The third kappa shape index (κ3) is 3.12. The summed E-state index contributed by atoms with van der Waals surface area (Å²) in [5.74, 6) is 0. The molecule has 1 heterocycles. The van der Waals surface area contributed by atoms with Gasteiger partial charge < -0.3 is 15.7 Å². The minimum absolute atomic E-state index is 0.0709. The van der Waals surface area contributed by atoms with E-state index in [9.17, 15) is 5.11 Å². The molecule has 1 atom stereocenters. The summed E-state index contributed by atoms with van der Waals surface area (Å²) in [5.41, 5.74) is 6.90. The van der Waals surface area contributed by atoms with E-state index < -0.39 is 5.54 Å². The van der Waals surface area contributed by atoms with Crippen LogP contribution in [0.15, 0.2) is 24.3 Å². The van der Waals surface area contributed by atoms with Crippen LogP contribution in [0.5, 0.6) is 0 Å². The molecule has 4 heteroatoms. The molecule has 0 radical (unpaired) electrons. The van der Waals surface area contributed by atoms with Gasteiger partial charge in [0.1, 0.15) is 0 Å². The Kier molecular flexibility index (Phi) is 3.92. The van der Waals surface area contributed by atoms with Crippen molar-refractivity contribution in [1.29, 1.82) is 0 Å². The lowest BCUT2D eigenvalue weighted by Gasteiger charge is -2.26. The Labute approximate surface area is 107 Å². The number of aliphatic hydroxyl groups is 1. The highest BCUT2D eigenvalue weighted by atomic mass is 35.5. The molecular formula is C13H19ClN2O. The zero-order chi connectivity index (χ0) is 12.3. The van der Waals surface area contributed by atoms with Crippen LogP contribution < -0.4 is 10.6 Å². The van der Waals surface area contributed by atoms with Crippen molar-refractivity contribution >= 4 is 17.3 Å². The summed E-state index contributed by atoms with van der Waals surface area (Å²) >= 11 is 5.88. The molecule has 1 unspecified atom stereocenters. The average molecular weight is 255 g/mol. The second-order valence-electron chi connectivity index (χ2n) is 4.84. The molecule has 1 aliphatic heterocycles. The molecule has 94 valence electrons. The molecule has 17 heavy (non-hydrogen) atoms. The number of hydrogen-bond donors (Lipinski definition) is 2. The van der Waals surface area contributed by atoms with Crippen molar-refractivity contribution in [3.8, 4) is 0 Å². The van der Waals surface area contributed by atoms with Crippen LogP contribution in [0.4, 0.5) is 5.69 Å². The number of rotatable bonds is 2. The van der Waals surface area contributed by atoms with Gasteiger partial charge in [-0.15, -0.1) is 0 Å². The first-order valence-corrected chi connectivity index (χ1v) is 6.41. The van der Waals surface area contributed by atoms with Gasteiger partial charge in [0.05, 0.1) is 6.61 Å². The molecule has 1 saturated heterocycles. The van der Waals surface area contributed by atoms with Crippen molar-refractivity contribution in [2.45, 2.75) is 24.8 Å². The molecule has 0 spiro atoms. The number of hydrogen-bond acceptors (Lipinski definition) is 3. The lowest BCUT2D eigenvalue weighted by atomic mass is 9.93. The second-order valence-corrected chi connectivity index (χ2v) is 5.27. The highest BCUT2D eigenvalue weighted by Gasteiger charge is 2.27. The largest absolute Gasteiger partial charge is 0.394 e. The van der Waals surface area contributed by atoms with Gasteiger partial charge in [-0.3, -0.25) is 0 Å². The molecule has 2 rings (SSSR count). The first-order chi connectivity index (χ1) is 8.13. The van der Waals surface area contributed by atoms with Crippen LogP contribution >= 0.6 is 11.6 Å². The van der Waals surface area contributed by atoms with Crippen LogP contribution in [0.25, 0.3) is 0 Å². The predicted octanol–water partition coefficient (Wildman–Crippen LogP) is 2.02. The number of benzene rings is 1. The third-order valence-corrected chi connectivity index (χ3v) is 3.74. The van der Waals surface area contributed by atoms with Crippen molar-refractivity contribution in [2.24, 2.45) is 5.73 Å². The number of nitrogens with zero attached hydrogens (tertiary/aromatic N) is 1. The summed E-state index contributed by atoms with van der Waals surface area (Å²) in [5, 5.41) is 10.1. The van der Waals surface area contributed by atoms with Gasteiger partial charge in [0, 0.05) is 29.3 Å². The highest BCUT2D eigenvalue weighted by molar-refractivity contribution is 6.30. The van der Waals surface area contributed by atoms with Gasteiger partial charge in [-0.2, -0.15) is 0 Å². The maximum Gasteiger partial charge on any atom is 0.0611 e. The van der Waals surface area contributed by atoms with Crippen molar-refractivity contribution in [2.75, 3.05) is 24.6 Å². The fourth-order valence-corrected chi connectivity index (χ4v) is 2.41. The van der Waals surface area contributed by atoms with Gasteiger partial charge in [0.25, 0.3) is 0 Å². The fourth-order valence-electron chi connectivity index (χ4n) is 2.28. The van der Waals surface area contributed by atoms with E-state index in [1.54, 1.807) is 0 Å². The van der Waals surface area contributed by atoms with E-state index in [2.05, 4.69) is 4.90 Å². The topological polar surface area (TPSA) is 49.5 Å². The van der Waals surface area contributed by atoms with Crippen LogP contribution in [0, 0.1) is 0 Å². The third-order valence-electron chi connectivity index (χ3n) is 3.49. The van der Waals surface area contributed by atoms with Gasteiger partial charge >= 0.3 is 0 Å². The minimum atomic E-state index is -0.402. The molecule has 0 saturated carbocycles. The van der Waals surface area contributed by atoms with E-state index in [-0.39, 0.29) is 6.61 Å². The normalized spacial score (nSPS) is 25.7. The van der Waals surface area contributed by atoms with E-state index >= 15 is 0 Å². The summed E-state index contributed by atoms with van der Waals surface area (Å²) < 4.78 is 0. The van der Waals surface area contributed by atoms with Gasteiger partial charge in [-0.05, 0) is 43.5 Å². The van der Waals surface area contributed by atoms with Gasteiger partial charge in [0.2, 0.25) is 0 Å². The van der Waals surface area contributed by atoms with Gasteiger partial charge in [-0.1, -0.05) is 11.6 Å². The van der Waals surface area contributed by atoms with Crippen LogP contribution in [0.1, 0.15) is 19.3 Å². The monoisotopic (exact) mass is 254 g/mol. The molecule has 0 bridgehead atoms. The fraction of sp³-hybridized carbons (Fsp3) is 0.538. The molecule has 3 nitrogen and oxygen atoms in total. The Morgan fingerprint density at radius 2 is 1.94 bits per heavy atom. The van der Waals surface area contributed by atoms with Gasteiger partial charge in [0.15, 0.2) is 0 Å². The second kappa shape index (κ2) is 5.25. The maximum absolute atomic E-state index is 9.31. The SMILES string of the molecule is NC1(CO)CCCN(c2ccc(Cl)cc2)CC1. The molecule has 0 aliphatic carbocycles. The van der Waals surface area contributed by atoms with E-state index in [4.69, 9.17) is 17.3 Å². The van der Waals surface area contributed by atoms with Gasteiger partial charge in [-0.25, -0.2) is 0 Å². The Balaban J connectivity index is 2.06. The van der Waals surface area contributed by atoms with Crippen LogP contribution in [-0.2, 0) is 0 Å². The van der Waals surface area contributed by atoms with E-state index in [1.165, 1.54) is 5.69 Å². The smallest absolute Gasteiger partial charge is 0.0611 e. The average Bonchev–Trinajstić information content (AvgIpc) is 2.53. The van der Waals surface area contributed by atoms with Crippen LogP contribution in [-0.4, -0.2) is 30.3 Å². The van der Waals surface area contributed by atoms with Crippen LogP contribution in [0.2, 0.25) is 5.02 Å². The zero-order valence-electron chi connectivity index (χ0n) is 9.90. The summed E-state index contributed by atoms with van der Waals surface area (Å²) in [4.78, 5) is 2.31. The van der Waals surface area contributed by atoms with Crippen LogP contribution in [0.3, 0.4) is 0 Å². The molecule has 0 aromatic heterocycles. The van der Waals surface area contributed by atoms with E-state index in [1.807, 2.05) is 24.3 Å². The molecule has 1 fully saturated rings. The first-order valence-electron chi connectivity index (χ1n) is 6.03. The maximum atomic E-state index is 9.31. The summed E-state index contributed by atoms with van der Waals surface area (Å²) in [6.45, 7) is 1.95. The molecule has 1 aliphatic rings. The molecule has 1 aromatic carbocycles. The molecule has 3 N–H and O–H groups in total. The van der Waals surface area contributed by atoms with Crippen molar-refractivity contribution in [3.05, 3.63) is 29.3 Å². The number of anilines is 1. The Morgan fingerprint density at radius 3 is 2.59 bits per heavy atom. The summed E-state index contributed by atoms with van der Waals surface area (Å²) in [6.07, 6.45) is 2.72. The summed E-state index contributed by atoms with van der Waals surface area (Å²) in [7, 11) is 0. The molecule has 1 aromatic rings. The standard InChI is InChI=1S/C13H19ClN2O/c14-11-2-4-12(5-3-11)16-8-1-6-13(15,10-17)7-9-16/h2-5,17H,1,6-10,15H2. The first kappa shape index (κ1) is 12.7. The highest BCUT2D eigenvalue weighted by Crippen LogP contribution is 2.24. The summed E-state index contributed by atoms with van der Waals surface area (Å²) in [6, 6.07) is 7.88. The Bertz CT molecular complexity index is 368. The number of nitrogens with two attached hydrogens (primary N) is 1. The minimum Gasteiger partial charge on any atom is -0.394 e. The Morgan fingerprint density at radius 1 is 1.24 bits per heavy atom. The van der Waals surface area contributed by atoms with E-state index in [0.717, 1.165) is 37.4 Å². The zero-order valence-corrected chi connectivity index (χ0v) is 10.7. The lowest BCUT2D eigenvalue weighted by Crippen LogP contribution is -2.44. The van der Waals surface area contributed by atoms with E-state index in [0.29, 0.717) is 0 Å². The molecular weight excluding hydrogens is 236 g/mol. The van der Waals surface area contributed by atoms with Crippen molar-refractivity contribution < 1.29 is 5.11 Å². The quantitative estimate of drug-likeness (QED) is 0.849. The van der Waals surface area contributed by atoms with Crippen molar-refractivity contribution in [1.82, 2.24) is 0 Å². The Hall–Kier alpha value is -0.770. The molecule has 0 amide bonds. The van der Waals surface area contributed by atoms with Crippen molar-refractivity contribution in [3.63, 3.8) is 0 Å². The predicted molar refractivity (Wildman–Crippen MR) is 71.5 cm³/mol. The lowest BCUT2D eigenvalue weighted by molar-refractivity contribution is 0.183. The number of halogens is 1.